The smallest absolute Gasteiger partial charge is 0.116 e. The monoisotopic (exact) mass is 394 g/mol. The van der Waals surface area contributed by atoms with Crippen LogP contribution < -0.4 is 0 Å². The summed E-state index contributed by atoms with van der Waals surface area (Å²) in [5.74, 6) is 0.600. The van der Waals surface area contributed by atoms with Gasteiger partial charge < -0.3 is 10.2 Å². The third-order valence-electron chi connectivity index (χ3n) is 5.50. The van der Waals surface area contributed by atoms with Gasteiger partial charge in [-0.15, -0.1) is 0 Å². The first-order chi connectivity index (χ1) is 14.7. The molecule has 0 atom stereocenters. The first-order valence-electron chi connectivity index (χ1n) is 10.5. The SMILES string of the molecule is Oc1ccc(CCCCc2ccc(O)cc2-c2ccccc2)c(-c2ccccc2)c1. The topological polar surface area (TPSA) is 40.5 Å². The first-order valence-corrected chi connectivity index (χ1v) is 10.5. The Bertz CT molecular complexity index is 1010. The van der Waals surface area contributed by atoms with Gasteiger partial charge in [0.2, 0.25) is 0 Å². The molecule has 0 radical (unpaired) electrons. The van der Waals surface area contributed by atoms with Crippen LogP contribution in [0.2, 0.25) is 0 Å². The maximum absolute atomic E-state index is 9.96. The number of aryl methyl sites for hydroxylation is 2. The summed E-state index contributed by atoms with van der Waals surface area (Å²) in [7, 11) is 0. The van der Waals surface area contributed by atoms with Crippen molar-refractivity contribution < 1.29 is 10.2 Å². The van der Waals surface area contributed by atoms with Crippen LogP contribution in [0.25, 0.3) is 22.3 Å². The van der Waals surface area contributed by atoms with E-state index in [1.165, 1.54) is 11.1 Å². The number of unbranched alkanes of at least 4 members (excludes halogenated alkanes) is 1. The van der Waals surface area contributed by atoms with E-state index < -0.39 is 0 Å². The van der Waals surface area contributed by atoms with Gasteiger partial charge >= 0.3 is 0 Å². The predicted molar refractivity (Wildman–Crippen MR) is 124 cm³/mol. The summed E-state index contributed by atoms with van der Waals surface area (Å²) < 4.78 is 0. The molecule has 4 aromatic rings. The second-order valence-electron chi connectivity index (χ2n) is 7.62. The molecule has 0 bridgehead atoms. The lowest BCUT2D eigenvalue weighted by Crippen LogP contribution is -1.94. The zero-order valence-corrected chi connectivity index (χ0v) is 17.0. The molecular weight excluding hydrogens is 368 g/mol. The normalized spacial score (nSPS) is 10.8. The standard InChI is InChI=1S/C28H26O2/c29-25-17-15-23(27(19-25)21-9-3-1-4-10-21)13-7-8-14-24-16-18-26(30)20-28(24)22-11-5-2-6-12-22/h1-6,9-12,15-20,29-30H,7-8,13-14H2. The number of hydrogen-bond donors (Lipinski definition) is 2. The predicted octanol–water partition coefficient (Wildman–Crippen LogP) is 7.00. The Labute approximate surface area is 178 Å². The molecule has 0 saturated carbocycles. The van der Waals surface area contributed by atoms with Crippen molar-refractivity contribution >= 4 is 0 Å². The van der Waals surface area contributed by atoms with Gasteiger partial charge in [-0.05, 0) is 83.3 Å². The van der Waals surface area contributed by atoms with E-state index in [2.05, 4.69) is 24.3 Å². The van der Waals surface area contributed by atoms with E-state index >= 15 is 0 Å². The molecule has 4 rings (SSSR count). The Balaban J connectivity index is 1.46. The molecule has 0 aliphatic carbocycles. The van der Waals surface area contributed by atoms with Crippen LogP contribution in [-0.2, 0) is 12.8 Å². The van der Waals surface area contributed by atoms with Crippen LogP contribution >= 0.6 is 0 Å². The molecule has 4 aromatic carbocycles. The fraction of sp³-hybridized carbons (Fsp3) is 0.143. The summed E-state index contributed by atoms with van der Waals surface area (Å²) in [6.07, 6.45) is 4.03. The highest BCUT2D eigenvalue weighted by Gasteiger charge is 2.09. The van der Waals surface area contributed by atoms with Gasteiger partial charge in [0.15, 0.2) is 0 Å². The van der Waals surface area contributed by atoms with E-state index in [4.69, 9.17) is 0 Å². The Morgan fingerprint density at radius 3 is 1.27 bits per heavy atom. The quantitative estimate of drug-likeness (QED) is 0.331. The molecule has 0 aliphatic rings. The molecule has 2 N–H and O–H groups in total. The molecule has 2 heteroatoms. The lowest BCUT2D eigenvalue weighted by Gasteiger charge is -2.12. The Kier molecular flexibility index (Phi) is 6.14. The molecule has 0 aromatic heterocycles. The van der Waals surface area contributed by atoms with Crippen molar-refractivity contribution in [2.24, 2.45) is 0 Å². The van der Waals surface area contributed by atoms with Gasteiger partial charge in [-0.1, -0.05) is 72.8 Å². The number of benzene rings is 4. The molecule has 0 fully saturated rings. The average molecular weight is 395 g/mol. The second-order valence-corrected chi connectivity index (χ2v) is 7.62. The summed E-state index contributed by atoms with van der Waals surface area (Å²) >= 11 is 0. The van der Waals surface area contributed by atoms with Crippen LogP contribution in [0.4, 0.5) is 0 Å². The molecule has 0 heterocycles. The van der Waals surface area contributed by atoms with Crippen LogP contribution in [0, 0.1) is 0 Å². The zero-order valence-electron chi connectivity index (χ0n) is 17.0. The van der Waals surface area contributed by atoms with E-state index in [1.807, 2.05) is 60.7 Å². The van der Waals surface area contributed by atoms with Crippen molar-refractivity contribution in [3.05, 3.63) is 108 Å². The van der Waals surface area contributed by atoms with Crippen molar-refractivity contribution in [1.29, 1.82) is 0 Å². The largest absolute Gasteiger partial charge is 0.508 e. The Morgan fingerprint density at radius 1 is 0.467 bits per heavy atom. The van der Waals surface area contributed by atoms with E-state index in [9.17, 15) is 10.2 Å². The minimum atomic E-state index is 0.300. The maximum atomic E-state index is 9.96. The van der Waals surface area contributed by atoms with Gasteiger partial charge in [0.1, 0.15) is 11.5 Å². The van der Waals surface area contributed by atoms with Crippen LogP contribution in [0.1, 0.15) is 24.0 Å². The molecule has 0 amide bonds. The highest BCUT2D eigenvalue weighted by atomic mass is 16.3. The molecule has 0 aliphatic heterocycles. The Hall–Kier alpha value is -3.52. The van der Waals surface area contributed by atoms with Gasteiger partial charge in [0.25, 0.3) is 0 Å². The summed E-state index contributed by atoms with van der Waals surface area (Å²) in [6.45, 7) is 0. The summed E-state index contributed by atoms with van der Waals surface area (Å²) in [6, 6.07) is 31.8. The molecule has 150 valence electrons. The van der Waals surface area contributed by atoms with Gasteiger partial charge in [-0.2, -0.15) is 0 Å². The second kappa shape index (κ2) is 9.32. The van der Waals surface area contributed by atoms with E-state index in [1.54, 1.807) is 12.1 Å². The number of aromatic hydroxyl groups is 2. The highest BCUT2D eigenvalue weighted by Crippen LogP contribution is 2.31. The van der Waals surface area contributed by atoms with E-state index in [0.29, 0.717) is 11.5 Å². The molecule has 0 spiro atoms. The van der Waals surface area contributed by atoms with E-state index in [0.717, 1.165) is 47.9 Å². The molecule has 30 heavy (non-hydrogen) atoms. The number of hydrogen-bond acceptors (Lipinski definition) is 2. The lowest BCUT2D eigenvalue weighted by molar-refractivity contribution is 0.474. The molecule has 0 saturated heterocycles. The summed E-state index contributed by atoms with van der Waals surface area (Å²) in [4.78, 5) is 0. The van der Waals surface area contributed by atoms with Crippen molar-refractivity contribution in [2.45, 2.75) is 25.7 Å². The minimum Gasteiger partial charge on any atom is -0.508 e. The summed E-state index contributed by atoms with van der Waals surface area (Å²) in [5, 5.41) is 19.9. The third-order valence-corrected chi connectivity index (χ3v) is 5.50. The fourth-order valence-electron chi connectivity index (χ4n) is 3.97. The van der Waals surface area contributed by atoms with Crippen molar-refractivity contribution in [3.8, 4) is 33.8 Å². The van der Waals surface area contributed by atoms with Gasteiger partial charge in [-0.25, -0.2) is 0 Å². The number of phenols is 2. The van der Waals surface area contributed by atoms with Gasteiger partial charge in [0.05, 0.1) is 0 Å². The van der Waals surface area contributed by atoms with Crippen molar-refractivity contribution in [1.82, 2.24) is 0 Å². The zero-order chi connectivity index (χ0) is 20.8. The van der Waals surface area contributed by atoms with Crippen molar-refractivity contribution in [3.63, 3.8) is 0 Å². The van der Waals surface area contributed by atoms with Crippen LogP contribution in [0.5, 0.6) is 11.5 Å². The molecule has 0 unspecified atom stereocenters. The van der Waals surface area contributed by atoms with Crippen molar-refractivity contribution in [2.75, 3.05) is 0 Å². The Morgan fingerprint density at radius 2 is 0.867 bits per heavy atom. The minimum absolute atomic E-state index is 0.300. The molecular formula is C28H26O2. The van der Waals surface area contributed by atoms with Crippen LogP contribution in [0.3, 0.4) is 0 Å². The van der Waals surface area contributed by atoms with Crippen LogP contribution in [-0.4, -0.2) is 10.2 Å². The number of phenolic OH excluding ortho intramolecular Hbond substituents is 2. The lowest BCUT2D eigenvalue weighted by atomic mass is 9.93. The number of rotatable bonds is 7. The third kappa shape index (κ3) is 4.72. The van der Waals surface area contributed by atoms with Crippen LogP contribution in [0.15, 0.2) is 97.1 Å². The molecule has 2 nitrogen and oxygen atoms in total. The van der Waals surface area contributed by atoms with E-state index in [-0.39, 0.29) is 0 Å². The first kappa shape index (κ1) is 19.8. The fourth-order valence-corrected chi connectivity index (χ4v) is 3.97. The highest BCUT2D eigenvalue weighted by molar-refractivity contribution is 5.70. The average Bonchev–Trinajstić information content (AvgIpc) is 2.79. The van der Waals surface area contributed by atoms with Gasteiger partial charge in [-0.3, -0.25) is 0 Å². The maximum Gasteiger partial charge on any atom is 0.116 e. The summed E-state index contributed by atoms with van der Waals surface area (Å²) in [5.41, 5.74) is 6.98. The van der Waals surface area contributed by atoms with Gasteiger partial charge in [0, 0.05) is 0 Å².